The van der Waals surface area contributed by atoms with Crippen molar-refractivity contribution in [2.45, 2.75) is 46.7 Å². The summed E-state index contributed by atoms with van der Waals surface area (Å²) in [5, 5.41) is 3.03. The highest BCUT2D eigenvalue weighted by atomic mass is 16.5. The normalized spacial score (nSPS) is 29.5. The van der Waals surface area contributed by atoms with Crippen LogP contribution in [-0.4, -0.2) is 42.5 Å². The maximum absolute atomic E-state index is 13.1. The zero-order valence-corrected chi connectivity index (χ0v) is 15.0. The molecule has 2 fully saturated rings. The molecule has 3 N–H and O–H groups in total. The molecule has 0 aromatic carbocycles. The Kier molecular flexibility index (Phi) is 4.16. The van der Waals surface area contributed by atoms with Crippen molar-refractivity contribution in [3.63, 3.8) is 0 Å². The molecule has 0 radical (unpaired) electrons. The van der Waals surface area contributed by atoms with Gasteiger partial charge in [-0.1, -0.05) is 34.6 Å². The van der Waals surface area contributed by atoms with Gasteiger partial charge in [-0.3, -0.25) is 9.59 Å². The molecule has 23 heavy (non-hydrogen) atoms. The Morgan fingerprint density at radius 1 is 1.39 bits per heavy atom. The second kappa shape index (κ2) is 5.42. The van der Waals surface area contributed by atoms with Crippen LogP contribution in [-0.2, 0) is 14.3 Å². The van der Waals surface area contributed by atoms with E-state index in [9.17, 15) is 9.59 Å². The van der Waals surface area contributed by atoms with E-state index in [1.54, 1.807) is 4.90 Å². The topological polar surface area (TPSA) is 84.7 Å². The van der Waals surface area contributed by atoms with Gasteiger partial charge in [0.1, 0.15) is 12.1 Å². The summed E-state index contributed by atoms with van der Waals surface area (Å²) in [6, 6.07) is -1.05. The highest BCUT2D eigenvalue weighted by Crippen LogP contribution is 2.64. The van der Waals surface area contributed by atoms with Crippen LogP contribution in [0, 0.1) is 22.7 Å². The zero-order valence-electron chi connectivity index (χ0n) is 15.0. The number of fused-ring (bicyclic) bond motifs is 1. The van der Waals surface area contributed by atoms with E-state index in [0.29, 0.717) is 18.3 Å². The van der Waals surface area contributed by atoms with E-state index < -0.39 is 18.0 Å². The number of carbonyl (C=O) groups excluding carboxylic acids is 2. The number of nitrogens with two attached hydrogens (primary N) is 1. The van der Waals surface area contributed by atoms with Crippen LogP contribution in [0.2, 0.25) is 0 Å². The van der Waals surface area contributed by atoms with Gasteiger partial charge >= 0.3 is 0 Å². The molecule has 6 heteroatoms. The van der Waals surface area contributed by atoms with Crippen molar-refractivity contribution in [3.05, 3.63) is 12.5 Å². The van der Waals surface area contributed by atoms with Gasteiger partial charge in [0.2, 0.25) is 11.8 Å². The Hall–Kier alpha value is -1.72. The van der Waals surface area contributed by atoms with Crippen LogP contribution >= 0.6 is 0 Å². The number of piperidine rings is 1. The van der Waals surface area contributed by atoms with E-state index in [0.717, 1.165) is 0 Å². The molecule has 4 atom stereocenters. The number of nitrogens with zero attached hydrogens (tertiary/aromatic N) is 1. The van der Waals surface area contributed by atoms with E-state index in [4.69, 9.17) is 10.5 Å². The van der Waals surface area contributed by atoms with Gasteiger partial charge in [0.25, 0.3) is 0 Å². The van der Waals surface area contributed by atoms with E-state index in [1.807, 2.05) is 20.8 Å². The highest BCUT2D eigenvalue weighted by Gasteiger charge is 2.69. The largest absolute Gasteiger partial charge is 0.483 e. The number of hydrogen-bond acceptors (Lipinski definition) is 4. The Balaban J connectivity index is 2.23. The fourth-order valence-electron chi connectivity index (χ4n) is 3.87. The third-order valence-corrected chi connectivity index (χ3v) is 5.45. The number of ether oxygens (including phenoxy) is 1. The predicted octanol–water partition coefficient (Wildman–Crippen LogP) is 1.08. The lowest BCUT2D eigenvalue weighted by atomic mass is 9.85. The minimum Gasteiger partial charge on any atom is -0.483 e. The fraction of sp³-hybridized carbons (Fsp3) is 0.765. The van der Waals surface area contributed by atoms with Gasteiger partial charge in [0.15, 0.2) is 5.88 Å². The molecule has 6 nitrogen and oxygen atoms in total. The van der Waals surface area contributed by atoms with Gasteiger partial charge in [0.05, 0.1) is 7.11 Å². The Bertz CT molecular complexity index is 536. The molecule has 2 amide bonds. The molecule has 1 aliphatic heterocycles. The molecule has 1 saturated heterocycles. The third-order valence-electron chi connectivity index (χ3n) is 5.45. The first-order valence-corrected chi connectivity index (χ1v) is 8.02. The monoisotopic (exact) mass is 323 g/mol. The van der Waals surface area contributed by atoms with Gasteiger partial charge in [-0.15, -0.1) is 0 Å². The maximum atomic E-state index is 13.1. The van der Waals surface area contributed by atoms with Crippen molar-refractivity contribution in [1.29, 1.82) is 0 Å². The molecule has 130 valence electrons. The lowest BCUT2D eigenvalue weighted by molar-refractivity contribution is -0.143. The number of primary amides is 1. The molecule has 2 unspecified atom stereocenters. The molecule has 1 heterocycles. The van der Waals surface area contributed by atoms with Crippen molar-refractivity contribution < 1.29 is 14.3 Å². The molecule has 2 rings (SSSR count). The van der Waals surface area contributed by atoms with Gasteiger partial charge in [0, 0.05) is 6.54 Å². The van der Waals surface area contributed by atoms with Gasteiger partial charge in [-0.25, -0.2) is 0 Å². The van der Waals surface area contributed by atoms with Crippen molar-refractivity contribution in [3.8, 4) is 0 Å². The van der Waals surface area contributed by atoms with Crippen molar-refractivity contribution in [1.82, 2.24) is 10.2 Å². The summed E-state index contributed by atoms with van der Waals surface area (Å²) in [7, 11) is 1.50. The molecule has 1 saturated carbocycles. The first kappa shape index (κ1) is 17.6. The standard InChI is InChI=1S/C17H29N3O3/c1-9(23-7)19-13(16(2,3)4)15(22)20-8-10-11(17(10,5)6)12(20)14(18)21/h10-13,19H,1,8H2,2-7H3,(H2,18,21)/t10?,11-,12?,13-/m0/s1. The number of amides is 2. The number of nitrogens with one attached hydrogen (secondary N) is 1. The van der Waals surface area contributed by atoms with Crippen LogP contribution in [0.5, 0.6) is 0 Å². The lowest BCUT2D eigenvalue weighted by Crippen LogP contribution is -2.57. The summed E-state index contributed by atoms with van der Waals surface area (Å²) >= 11 is 0. The average molecular weight is 323 g/mol. The third kappa shape index (κ3) is 2.91. The highest BCUT2D eigenvalue weighted by molar-refractivity contribution is 5.91. The molecule has 0 bridgehead atoms. The van der Waals surface area contributed by atoms with E-state index >= 15 is 0 Å². The van der Waals surface area contributed by atoms with Crippen LogP contribution in [0.4, 0.5) is 0 Å². The van der Waals surface area contributed by atoms with Gasteiger partial charge in [-0.2, -0.15) is 0 Å². The van der Waals surface area contributed by atoms with Gasteiger partial charge in [-0.05, 0) is 29.2 Å². The first-order valence-electron chi connectivity index (χ1n) is 8.02. The summed E-state index contributed by atoms with van der Waals surface area (Å²) in [6.45, 7) is 14.5. The first-order chi connectivity index (χ1) is 10.4. The van der Waals surface area contributed by atoms with Crippen LogP contribution in [0.1, 0.15) is 34.6 Å². The second-order valence-corrected chi connectivity index (χ2v) is 8.36. The predicted molar refractivity (Wildman–Crippen MR) is 88.0 cm³/mol. The smallest absolute Gasteiger partial charge is 0.246 e. The van der Waals surface area contributed by atoms with Crippen LogP contribution in [0.25, 0.3) is 0 Å². The van der Waals surface area contributed by atoms with Crippen LogP contribution in [0.3, 0.4) is 0 Å². The second-order valence-electron chi connectivity index (χ2n) is 8.36. The zero-order chi connectivity index (χ0) is 17.7. The van der Waals surface area contributed by atoms with Crippen LogP contribution < -0.4 is 11.1 Å². The Morgan fingerprint density at radius 2 is 1.96 bits per heavy atom. The van der Waals surface area contributed by atoms with Crippen LogP contribution in [0.15, 0.2) is 12.5 Å². The molecule has 2 aliphatic rings. The molecule has 0 aromatic rings. The summed E-state index contributed by atoms with van der Waals surface area (Å²) in [4.78, 5) is 26.7. The summed E-state index contributed by atoms with van der Waals surface area (Å²) < 4.78 is 5.06. The molecule has 0 aromatic heterocycles. The quantitative estimate of drug-likeness (QED) is 0.741. The summed E-state index contributed by atoms with van der Waals surface area (Å²) in [5.41, 5.74) is 5.33. The maximum Gasteiger partial charge on any atom is 0.246 e. The lowest BCUT2D eigenvalue weighted by Gasteiger charge is -2.37. The molecular formula is C17H29N3O3. The minimum absolute atomic E-state index is 0.0806. The number of methoxy groups -OCH3 is 1. The minimum atomic E-state index is -0.530. The fourth-order valence-corrected chi connectivity index (χ4v) is 3.87. The number of carbonyl (C=O) groups is 2. The summed E-state index contributed by atoms with van der Waals surface area (Å²) in [6.07, 6.45) is 0. The Morgan fingerprint density at radius 3 is 2.39 bits per heavy atom. The van der Waals surface area contributed by atoms with Crippen molar-refractivity contribution in [2.24, 2.45) is 28.4 Å². The van der Waals surface area contributed by atoms with Crippen molar-refractivity contribution >= 4 is 11.8 Å². The number of rotatable bonds is 5. The van der Waals surface area contributed by atoms with Gasteiger partial charge < -0.3 is 20.7 Å². The van der Waals surface area contributed by atoms with E-state index in [2.05, 4.69) is 25.7 Å². The summed E-state index contributed by atoms with van der Waals surface area (Å²) in [5.74, 6) is 0.293. The SMILES string of the molecule is C=C(N[C@@H](C(=O)N1CC2[C@@H](C1C(N)=O)C2(C)C)C(C)(C)C)OC. The van der Waals surface area contributed by atoms with Crippen molar-refractivity contribution in [2.75, 3.05) is 13.7 Å². The Labute approximate surface area is 138 Å². The average Bonchev–Trinajstić information content (AvgIpc) is 2.81. The van der Waals surface area contributed by atoms with E-state index in [-0.39, 0.29) is 22.7 Å². The number of likely N-dealkylation sites (tertiary alicyclic amines) is 1. The molecular weight excluding hydrogens is 294 g/mol. The molecule has 0 spiro atoms. The number of hydrogen-bond donors (Lipinski definition) is 2. The molecule has 1 aliphatic carbocycles. The van der Waals surface area contributed by atoms with E-state index in [1.165, 1.54) is 7.11 Å².